The molecule has 128 valence electrons. The topological polar surface area (TPSA) is 65.4 Å². The number of carbonyl (C=O) groups is 1. The van der Waals surface area contributed by atoms with Crippen molar-refractivity contribution in [3.8, 4) is 6.07 Å². The summed E-state index contributed by atoms with van der Waals surface area (Å²) in [6, 6.07) is 8.21. The number of hydrogen-bond acceptors (Lipinski definition) is 4. The molecule has 0 radical (unpaired) electrons. The third-order valence-corrected chi connectivity index (χ3v) is 3.78. The maximum atomic E-state index is 12.8. The van der Waals surface area contributed by atoms with Crippen molar-refractivity contribution in [2.24, 2.45) is 0 Å². The molecule has 1 aliphatic heterocycles. The molecule has 1 aromatic carbocycles. The SMILES string of the molecule is CC1CN(C(=O)/C(C#N)=C\NCCc2ccc(F)cc2)CC(C)O1. The summed E-state index contributed by atoms with van der Waals surface area (Å²) < 4.78 is 18.4. The first-order valence-corrected chi connectivity index (χ1v) is 8.02. The molecule has 0 saturated carbocycles. The molecule has 0 aromatic heterocycles. The van der Waals surface area contributed by atoms with E-state index in [2.05, 4.69) is 5.32 Å². The summed E-state index contributed by atoms with van der Waals surface area (Å²) in [5.41, 5.74) is 1.06. The molecule has 0 bridgehead atoms. The summed E-state index contributed by atoms with van der Waals surface area (Å²) in [6.07, 6.45) is 2.06. The third kappa shape index (κ3) is 5.07. The van der Waals surface area contributed by atoms with Crippen LogP contribution >= 0.6 is 0 Å². The number of rotatable bonds is 5. The number of benzene rings is 1. The minimum absolute atomic E-state index is 0.0379. The molecule has 1 fully saturated rings. The summed E-state index contributed by atoms with van der Waals surface area (Å²) in [6.45, 7) is 5.34. The van der Waals surface area contributed by atoms with Gasteiger partial charge in [-0.3, -0.25) is 4.79 Å². The van der Waals surface area contributed by atoms with Gasteiger partial charge in [-0.05, 0) is 38.0 Å². The van der Waals surface area contributed by atoms with E-state index >= 15 is 0 Å². The van der Waals surface area contributed by atoms with Crippen molar-refractivity contribution in [2.45, 2.75) is 32.5 Å². The van der Waals surface area contributed by atoms with Crippen LogP contribution in [0.4, 0.5) is 4.39 Å². The predicted octanol–water partition coefficient (Wildman–Crippen LogP) is 2.00. The van der Waals surface area contributed by atoms with Crippen molar-refractivity contribution in [1.29, 1.82) is 5.26 Å². The Morgan fingerprint density at radius 2 is 2.00 bits per heavy atom. The second-order valence-corrected chi connectivity index (χ2v) is 5.97. The van der Waals surface area contributed by atoms with Gasteiger partial charge in [0.05, 0.1) is 12.2 Å². The van der Waals surface area contributed by atoms with E-state index in [-0.39, 0.29) is 29.5 Å². The zero-order valence-corrected chi connectivity index (χ0v) is 14.0. The maximum absolute atomic E-state index is 12.8. The molecule has 2 rings (SSSR count). The van der Waals surface area contributed by atoms with Gasteiger partial charge < -0.3 is 15.0 Å². The van der Waals surface area contributed by atoms with E-state index in [4.69, 9.17) is 4.74 Å². The van der Waals surface area contributed by atoms with Crippen LogP contribution in [0.1, 0.15) is 19.4 Å². The number of nitriles is 1. The Morgan fingerprint density at radius 3 is 2.58 bits per heavy atom. The van der Waals surface area contributed by atoms with E-state index < -0.39 is 0 Å². The van der Waals surface area contributed by atoms with Gasteiger partial charge in [0.15, 0.2) is 0 Å². The zero-order valence-electron chi connectivity index (χ0n) is 14.0. The van der Waals surface area contributed by atoms with E-state index in [1.54, 1.807) is 17.0 Å². The van der Waals surface area contributed by atoms with Crippen LogP contribution in [0.15, 0.2) is 36.0 Å². The van der Waals surface area contributed by atoms with E-state index in [1.807, 2.05) is 19.9 Å². The predicted molar refractivity (Wildman–Crippen MR) is 88.4 cm³/mol. The Kier molecular flexibility index (Phi) is 6.33. The minimum atomic E-state index is -0.284. The molecule has 1 heterocycles. The number of hydrogen-bond donors (Lipinski definition) is 1. The van der Waals surface area contributed by atoms with Crippen LogP contribution in [0.2, 0.25) is 0 Å². The minimum Gasteiger partial charge on any atom is -0.389 e. The first kappa shape index (κ1) is 18.0. The summed E-state index contributed by atoms with van der Waals surface area (Å²) in [5, 5.41) is 12.2. The molecular weight excluding hydrogens is 309 g/mol. The molecule has 1 aliphatic rings. The van der Waals surface area contributed by atoms with E-state index in [0.717, 1.165) is 5.56 Å². The van der Waals surface area contributed by atoms with Crippen LogP contribution in [0.25, 0.3) is 0 Å². The third-order valence-electron chi connectivity index (χ3n) is 3.78. The highest BCUT2D eigenvalue weighted by Crippen LogP contribution is 2.13. The van der Waals surface area contributed by atoms with E-state index in [1.165, 1.54) is 18.3 Å². The Morgan fingerprint density at radius 1 is 1.38 bits per heavy atom. The molecule has 24 heavy (non-hydrogen) atoms. The van der Waals surface area contributed by atoms with Gasteiger partial charge in [0, 0.05) is 25.8 Å². The number of nitrogens with zero attached hydrogens (tertiary/aromatic N) is 2. The van der Waals surface area contributed by atoms with Gasteiger partial charge in [-0.2, -0.15) is 5.26 Å². The smallest absolute Gasteiger partial charge is 0.266 e. The summed E-state index contributed by atoms with van der Waals surface area (Å²) in [4.78, 5) is 14.1. The normalized spacial score (nSPS) is 21.2. The van der Waals surface area contributed by atoms with Gasteiger partial charge in [0.2, 0.25) is 0 Å². The molecule has 1 saturated heterocycles. The Labute approximate surface area is 141 Å². The fourth-order valence-corrected chi connectivity index (χ4v) is 2.70. The van der Waals surface area contributed by atoms with Gasteiger partial charge in [-0.15, -0.1) is 0 Å². The average Bonchev–Trinajstić information content (AvgIpc) is 2.55. The maximum Gasteiger partial charge on any atom is 0.266 e. The quantitative estimate of drug-likeness (QED) is 0.509. The lowest BCUT2D eigenvalue weighted by molar-refractivity contribution is -0.138. The molecule has 2 unspecified atom stereocenters. The zero-order chi connectivity index (χ0) is 17.5. The standard InChI is InChI=1S/C18H22FN3O2/c1-13-11-22(12-14(2)24-13)18(23)16(9-20)10-21-8-7-15-3-5-17(19)6-4-15/h3-6,10,13-14,21H,7-8,11-12H2,1-2H3/b16-10-. The molecule has 6 heteroatoms. The van der Waals surface area contributed by atoms with Crippen LogP contribution < -0.4 is 5.32 Å². The highest BCUT2D eigenvalue weighted by atomic mass is 19.1. The molecular formula is C18H22FN3O2. The van der Waals surface area contributed by atoms with Crippen LogP contribution in [-0.4, -0.2) is 42.6 Å². The number of carbonyl (C=O) groups excluding carboxylic acids is 1. The largest absolute Gasteiger partial charge is 0.389 e. The van der Waals surface area contributed by atoms with Gasteiger partial charge in [-0.25, -0.2) is 4.39 Å². The summed E-state index contributed by atoms with van der Waals surface area (Å²) in [5.74, 6) is -0.549. The first-order chi connectivity index (χ1) is 11.5. The molecule has 5 nitrogen and oxygen atoms in total. The summed E-state index contributed by atoms with van der Waals surface area (Å²) >= 11 is 0. The lowest BCUT2D eigenvalue weighted by Crippen LogP contribution is -2.48. The fourth-order valence-electron chi connectivity index (χ4n) is 2.70. The van der Waals surface area contributed by atoms with Crippen molar-refractivity contribution in [3.05, 3.63) is 47.4 Å². The molecule has 0 spiro atoms. The Balaban J connectivity index is 1.88. The summed E-state index contributed by atoms with van der Waals surface area (Å²) in [7, 11) is 0. The molecule has 1 amide bonds. The van der Waals surface area contributed by atoms with Crippen molar-refractivity contribution >= 4 is 5.91 Å². The average molecular weight is 331 g/mol. The number of ether oxygens (including phenoxy) is 1. The highest BCUT2D eigenvalue weighted by molar-refractivity contribution is 5.97. The number of halogens is 1. The molecule has 2 atom stereocenters. The van der Waals surface area contributed by atoms with E-state index in [0.29, 0.717) is 26.1 Å². The van der Waals surface area contributed by atoms with Gasteiger partial charge >= 0.3 is 0 Å². The van der Waals surface area contributed by atoms with Gasteiger partial charge in [0.1, 0.15) is 17.5 Å². The van der Waals surface area contributed by atoms with Crippen LogP contribution in [0.3, 0.4) is 0 Å². The van der Waals surface area contributed by atoms with Crippen molar-refractivity contribution in [3.63, 3.8) is 0 Å². The highest BCUT2D eigenvalue weighted by Gasteiger charge is 2.27. The second-order valence-electron chi connectivity index (χ2n) is 5.97. The lowest BCUT2D eigenvalue weighted by Gasteiger charge is -2.35. The van der Waals surface area contributed by atoms with Gasteiger partial charge in [-0.1, -0.05) is 12.1 Å². The van der Waals surface area contributed by atoms with Crippen molar-refractivity contribution in [1.82, 2.24) is 10.2 Å². The lowest BCUT2D eigenvalue weighted by atomic mass is 10.1. The number of morpholine rings is 1. The van der Waals surface area contributed by atoms with Crippen LogP contribution in [0.5, 0.6) is 0 Å². The van der Waals surface area contributed by atoms with Crippen molar-refractivity contribution < 1.29 is 13.9 Å². The first-order valence-electron chi connectivity index (χ1n) is 8.02. The Hall–Kier alpha value is -2.39. The molecule has 1 N–H and O–H groups in total. The Bertz CT molecular complexity index is 627. The van der Waals surface area contributed by atoms with Crippen LogP contribution in [0, 0.1) is 17.1 Å². The molecule has 1 aromatic rings. The second kappa shape index (κ2) is 8.46. The van der Waals surface area contributed by atoms with Crippen molar-refractivity contribution in [2.75, 3.05) is 19.6 Å². The van der Waals surface area contributed by atoms with Crippen LogP contribution in [-0.2, 0) is 16.0 Å². The van der Waals surface area contributed by atoms with Gasteiger partial charge in [0.25, 0.3) is 5.91 Å². The fraction of sp³-hybridized carbons (Fsp3) is 0.444. The number of amides is 1. The van der Waals surface area contributed by atoms with E-state index in [9.17, 15) is 14.4 Å². The number of nitrogens with one attached hydrogen (secondary N) is 1. The molecule has 0 aliphatic carbocycles. The monoisotopic (exact) mass is 331 g/mol.